The minimum atomic E-state index is -0.786. The van der Waals surface area contributed by atoms with Crippen molar-refractivity contribution in [2.45, 2.75) is 283 Å². The molecular weight excluding hydrogens is 731 g/mol. The van der Waals surface area contributed by atoms with Gasteiger partial charge in [0.15, 0.2) is 0 Å². The Labute approximate surface area is 366 Å². The van der Waals surface area contributed by atoms with Gasteiger partial charge >= 0.3 is 5.97 Å². The van der Waals surface area contributed by atoms with Crippen LogP contribution >= 0.6 is 0 Å². The smallest absolute Gasteiger partial charge is 0.306 e. The predicted molar refractivity (Wildman–Crippen MR) is 255 cm³/mol. The van der Waals surface area contributed by atoms with E-state index in [1.54, 1.807) is 0 Å². The molecule has 0 saturated heterocycles. The summed E-state index contributed by atoms with van der Waals surface area (Å²) < 4.78 is 5.92. The molecule has 3 N–H and O–H groups in total. The Morgan fingerprint density at radius 2 is 0.915 bits per heavy atom. The molecule has 0 heterocycles. The molecule has 6 heteroatoms. The highest BCUT2D eigenvalue weighted by Gasteiger charge is 2.24. The molecule has 0 aliphatic heterocycles. The van der Waals surface area contributed by atoms with E-state index in [4.69, 9.17) is 4.74 Å². The van der Waals surface area contributed by atoms with E-state index in [1.165, 1.54) is 148 Å². The molecule has 0 fully saturated rings. The number of hydrogen-bond acceptors (Lipinski definition) is 5. The van der Waals surface area contributed by atoms with Gasteiger partial charge in [-0.1, -0.05) is 231 Å². The van der Waals surface area contributed by atoms with E-state index in [9.17, 15) is 19.8 Å². The van der Waals surface area contributed by atoms with Gasteiger partial charge < -0.3 is 20.3 Å². The van der Waals surface area contributed by atoms with Crippen LogP contribution in [0.5, 0.6) is 0 Å². The highest BCUT2D eigenvalue weighted by Crippen LogP contribution is 2.18. The van der Waals surface area contributed by atoms with Crippen molar-refractivity contribution in [3.05, 3.63) is 36.5 Å². The van der Waals surface area contributed by atoms with E-state index in [-0.39, 0.29) is 24.9 Å². The molecular formula is C53H99NO5. The highest BCUT2D eigenvalue weighted by atomic mass is 16.5. The van der Waals surface area contributed by atoms with E-state index in [1.807, 2.05) is 0 Å². The number of amides is 1. The normalized spacial score (nSPS) is 13.5. The number of hydrogen-bond donors (Lipinski definition) is 3. The third-order valence-corrected chi connectivity index (χ3v) is 11.7. The number of esters is 1. The van der Waals surface area contributed by atoms with Crippen molar-refractivity contribution in [1.82, 2.24) is 5.32 Å². The maximum atomic E-state index is 13.2. The zero-order chi connectivity index (χ0) is 43.1. The average Bonchev–Trinajstić information content (AvgIpc) is 3.23. The van der Waals surface area contributed by atoms with E-state index >= 15 is 0 Å². The van der Waals surface area contributed by atoms with E-state index < -0.39 is 18.2 Å². The van der Waals surface area contributed by atoms with Crippen molar-refractivity contribution in [3.8, 4) is 0 Å². The van der Waals surface area contributed by atoms with Crippen LogP contribution < -0.4 is 5.32 Å². The lowest BCUT2D eigenvalue weighted by Crippen LogP contribution is -2.46. The molecule has 3 unspecified atom stereocenters. The molecule has 0 saturated carbocycles. The summed E-state index contributed by atoms with van der Waals surface area (Å²) in [5.41, 5.74) is 0. The summed E-state index contributed by atoms with van der Waals surface area (Å²) in [5, 5.41) is 23.8. The van der Waals surface area contributed by atoms with Crippen LogP contribution in [0, 0.1) is 0 Å². The first-order valence-corrected chi connectivity index (χ1v) is 25.7. The highest BCUT2D eigenvalue weighted by molar-refractivity contribution is 5.77. The first-order valence-electron chi connectivity index (χ1n) is 25.7. The van der Waals surface area contributed by atoms with Crippen molar-refractivity contribution in [2.24, 2.45) is 0 Å². The minimum Gasteiger partial charge on any atom is -0.462 e. The number of unbranched alkanes of at least 4 members (excludes halogenated alkanes) is 28. The maximum Gasteiger partial charge on any atom is 0.306 e. The molecule has 0 aromatic rings. The largest absolute Gasteiger partial charge is 0.462 e. The van der Waals surface area contributed by atoms with Crippen LogP contribution in [-0.2, 0) is 14.3 Å². The number of ether oxygens (including phenoxy) is 1. The fourth-order valence-corrected chi connectivity index (χ4v) is 7.86. The Morgan fingerprint density at radius 3 is 1.39 bits per heavy atom. The number of allylic oxidation sites excluding steroid dienone is 6. The number of carbonyl (C=O) groups is 2. The minimum absolute atomic E-state index is 0.0757. The fourth-order valence-electron chi connectivity index (χ4n) is 7.86. The van der Waals surface area contributed by atoms with E-state index in [0.717, 1.165) is 70.6 Å². The van der Waals surface area contributed by atoms with Crippen LogP contribution in [0.25, 0.3) is 0 Å². The molecule has 0 aliphatic carbocycles. The van der Waals surface area contributed by atoms with Crippen LogP contribution in [0.15, 0.2) is 36.5 Å². The van der Waals surface area contributed by atoms with Gasteiger partial charge in [0.05, 0.1) is 25.2 Å². The molecule has 346 valence electrons. The van der Waals surface area contributed by atoms with Gasteiger partial charge in [0.1, 0.15) is 6.10 Å². The molecule has 0 radical (unpaired) electrons. The van der Waals surface area contributed by atoms with Gasteiger partial charge in [0.2, 0.25) is 5.91 Å². The summed E-state index contributed by atoms with van der Waals surface area (Å²) >= 11 is 0. The summed E-state index contributed by atoms with van der Waals surface area (Å²) in [6.07, 6.45) is 54.9. The Morgan fingerprint density at radius 1 is 0.508 bits per heavy atom. The SMILES string of the molecule is CC/C=C/C/C=C/C/C=C/CCCCCCCCC(=O)OC(CCCCCCCCCCCC)CC(=O)NC(CO)C(O)CCCCCCCCCCCCCCCC. The molecule has 1 amide bonds. The van der Waals surface area contributed by atoms with Crippen molar-refractivity contribution < 1.29 is 24.5 Å². The Hall–Kier alpha value is -1.92. The Kier molecular flexibility index (Phi) is 45.6. The molecule has 0 rings (SSSR count). The summed E-state index contributed by atoms with van der Waals surface area (Å²) in [6, 6.07) is -0.700. The quantitative estimate of drug-likeness (QED) is 0.0323. The van der Waals surface area contributed by atoms with Crippen molar-refractivity contribution >= 4 is 11.9 Å². The first kappa shape index (κ1) is 57.1. The first-order chi connectivity index (χ1) is 29.0. The molecule has 0 spiro atoms. The van der Waals surface area contributed by atoms with Crippen LogP contribution in [0.1, 0.15) is 265 Å². The second-order valence-corrected chi connectivity index (χ2v) is 17.5. The third-order valence-electron chi connectivity index (χ3n) is 11.7. The van der Waals surface area contributed by atoms with Crippen molar-refractivity contribution in [2.75, 3.05) is 6.61 Å². The van der Waals surface area contributed by atoms with Gasteiger partial charge in [-0.05, 0) is 57.8 Å². The number of carbonyl (C=O) groups excluding carboxylic acids is 2. The Bertz CT molecular complexity index is 977. The van der Waals surface area contributed by atoms with E-state index in [0.29, 0.717) is 19.3 Å². The molecule has 59 heavy (non-hydrogen) atoms. The van der Waals surface area contributed by atoms with Crippen LogP contribution in [-0.4, -0.2) is 46.9 Å². The van der Waals surface area contributed by atoms with Gasteiger partial charge in [-0.3, -0.25) is 9.59 Å². The molecule has 3 atom stereocenters. The summed E-state index contributed by atoms with van der Waals surface area (Å²) in [6.45, 7) is 6.37. The van der Waals surface area contributed by atoms with Crippen molar-refractivity contribution in [1.29, 1.82) is 0 Å². The number of aliphatic hydroxyl groups is 2. The molecule has 0 aliphatic rings. The molecule has 0 aromatic carbocycles. The number of nitrogens with one attached hydrogen (secondary N) is 1. The molecule has 0 bridgehead atoms. The zero-order valence-corrected chi connectivity index (χ0v) is 39.4. The predicted octanol–water partition coefficient (Wildman–Crippen LogP) is 15.3. The number of aliphatic hydroxyl groups excluding tert-OH is 2. The van der Waals surface area contributed by atoms with Crippen LogP contribution in [0.4, 0.5) is 0 Å². The lowest BCUT2D eigenvalue weighted by Gasteiger charge is -2.24. The topological polar surface area (TPSA) is 95.9 Å². The second-order valence-electron chi connectivity index (χ2n) is 17.5. The van der Waals surface area contributed by atoms with Gasteiger partial charge in [0, 0.05) is 6.42 Å². The summed E-state index contributed by atoms with van der Waals surface area (Å²) in [4.78, 5) is 26.1. The van der Waals surface area contributed by atoms with Crippen molar-refractivity contribution in [3.63, 3.8) is 0 Å². The van der Waals surface area contributed by atoms with Gasteiger partial charge in [-0.15, -0.1) is 0 Å². The summed E-state index contributed by atoms with van der Waals surface area (Å²) in [5.74, 6) is -0.480. The Balaban J connectivity index is 4.49. The van der Waals surface area contributed by atoms with Gasteiger partial charge in [0.25, 0.3) is 0 Å². The second kappa shape index (κ2) is 47.1. The van der Waals surface area contributed by atoms with Gasteiger partial charge in [-0.2, -0.15) is 0 Å². The molecule has 0 aromatic heterocycles. The van der Waals surface area contributed by atoms with E-state index in [2.05, 4.69) is 62.5 Å². The lowest BCUT2D eigenvalue weighted by atomic mass is 10.0. The standard InChI is InChI=1S/C53H99NO5/c1-4-7-10-13-16-19-22-24-26-27-29-31-34-37-40-43-46-53(58)59-49(44-41-38-35-32-21-18-15-12-9-6-3)47-52(57)54-50(48-55)51(56)45-42-39-36-33-30-28-25-23-20-17-14-11-8-5-2/h7,10,16,19,24,26,49-51,55-56H,4-6,8-9,11-15,17-18,20-23,25,27-48H2,1-3H3,(H,54,57)/b10-7+,19-16+,26-24+. The molecule has 6 nitrogen and oxygen atoms in total. The summed E-state index contributed by atoms with van der Waals surface area (Å²) in [7, 11) is 0. The van der Waals surface area contributed by atoms with Crippen LogP contribution in [0.3, 0.4) is 0 Å². The fraction of sp³-hybridized carbons (Fsp3) is 0.849. The zero-order valence-electron chi connectivity index (χ0n) is 39.4. The lowest BCUT2D eigenvalue weighted by molar-refractivity contribution is -0.151. The maximum absolute atomic E-state index is 13.2. The van der Waals surface area contributed by atoms with Gasteiger partial charge in [-0.25, -0.2) is 0 Å². The van der Waals surface area contributed by atoms with Crippen LogP contribution in [0.2, 0.25) is 0 Å². The monoisotopic (exact) mass is 830 g/mol. The third kappa shape index (κ3) is 42.6. The number of rotatable bonds is 46. The average molecular weight is 830 g/mol.